The van der Waals surface area contributed by atoms with Gasteiger partial charge < -0.3 is 14.7 Å². The summed E-state index contributed by atoms with van der Waals surface area (Å²) >= 11 is 0. The lowest BCUT2D eigenvalue weighted by molar-refractivity contribution is -0.138. The van der Waals surface area contributed by atoms with Gasteiger partial charge in [-0.3, -0.25) is 0 Å². The lowest BCUT2D eigenvalue weighted by Crippen LogP contribution is -2.05. The molecular formula is C68H61N5O2. The second kappa shape index (κ2) is 22.4. The molecule has 0 amide bonds. The van der Waals surface area contributed by atoms with Crippen LogP contribution < -0.4 is 0 Å². The Morgan fingerprint density at radius 1 is 0.533 bits per heavy atom. The summed E-state index contributed by atoms with van der Waals surface area (Å²) in [7, 11) is 0. The number of hydrogen-bond donors (Lipinski definition) is 2. The Hall–Kier alpha value is -8.96. The summed E-state index contributed by atoms with van der Waals surface area (Å²) in [4.78, 5) is 31.2. The lowest BCUT2D eigenvalue weighted by atomic mass is 9.97. The molecule has 8 bridgehead atoms. The van der Waals surface area contributed by atoms with Crippen molar-refractivity contribution in [3.05, 3.63) is 207 Å². The van der Waals surface area contributed by atoms with E-state index in [0.29, 0.717) is 23.7 Å². The maximum absolute atomic E-state index is 12.2. The molecule has 2 aliphatic heterocycles. The number of rotatable bonds is 12. The van der Waals surface area contributed by atoms with Crippen LogP contribution in [-0.2, 0) is 9.53 Å². The van der Waals surface area contributed by atoms with E-state index in [4.69, 9.17) is 14.7 Å². The molecule has 2 N–H and O–H groups in total. The first-order valence-corrected chi connectivity index (χ1v) is 25.9. The van der Waals surface area contributed by atoms with E-state index >= 15 is 0 Å². The number of carbonyl (C=O) groups is 1. The van der Waals surface area contributed by atoms with Crippen LogP contribution in [-0.4, -0.2) is 32.5 Å². The number of hydrogen-bond acceptors (Lipinski definition) is 5. The average molecular weight is 980 g/mol. The van der Waals surface area contributed by atoms with Crippen molar-refractivity contribution < 1.29 is 9.53 Å². The number of allylic oxidation sites excluding steroid dienone is 2. The average Bonchev–Trinajstić information content (AvgIpc) is 4.27. The van der Waals surface area contributed by atoms with Gasteiger partial charge in [0, 0.05) is 44.4 Å². The quantitative estimate of drug-likeness (QED) is 0.0417. The number of carbonyl (C=O) groups excluding carboxylic acids is 1. The van der Waals surface area contributed by atoms with E-state index in [-0.39, 0.29) is 12.2 Å². The fraction of sp³-hybridized carbons (Fsp3) is 0.206. The van der Waals surface area contributed by atoms with Gasteiger partial charge >= 0.3 is 5.97 Å². The minimum atomic E-state index is -0.693. The first-order chi connectivity index (χ1) is 36.3. The van der Waals surface area contributed by atoms with Gasteiger partial charge in [0.15, 0.2) is 0 Å². The van der Waals surface area contributed by atoms with Crippen molar-refractivity contribution in [3.8, 4) is 50.6 Å². The van der Waals surface area contributed by atoms with Gasteiger partial charge in [-0.15, -0.1) is 0 Å². The highest BCUT2D eigenvalue weighted by molar-refractivity contribution is 6.02. The van der Waals surface area contributed by atoms with Crippen LogP contribution in [0.4, 0.5) is 0 Å². The Kier molecular flexibility index (Phi) is 15.2. The van der Waals surface area contributed by atoms with Crippen LogP contribution in [0.15, 0.2) is 156 Å². The number of ether oxygens (including phenoxy) is 1. The van der Waals surface area contributed by atoms with E-state index < -0.39 is 5.97 Å². The molecule has 370 valence electrons. The van der Waals surface area contributed by atoms with Gasteiger partial charge in [0.25, 0.3) is 0 Å². The maximum atomic E-state index is 12.2. The molecule has 2 aliphatic rings. The van der Waals surface area contributed by atoms with Crippen molar-refractivity contribution in [2.75, 3.05) is 6.61 Å². The second-order valence-corrected chi connectivity index (χ2v) is 20.1. The number of nitrogens with one attached hydrogen (secondary N) is 2. The highest BCUT2D eigenvalue weighted by atomic mass is 16.5. The fourth-order valence-corrected chi connectivity index (χ4v) is 9.49. The summed E-state index contributed by atoms with van der Waals surface area (Å²) in [5, 5.41) is 9.48. The maximum Gasteiger partial charge on any atom is 0.348 e. The van der Waals surface area contributed by atoms with Crippen LogP contribution in [0.3, 0.4) is 0 Å². The molecule has 9 rings (SSSR count). The Balaban J connectivity index is 1.45. The zero-order valence-electron chi connectivity index (χ0n) is 44.2. The summed E-state index contributed by atoms with van der Waals surface area (Å²) in [6.45, 7) is 19.6. The second-order valence-electron chi connectivity index (χ2n) is 20.1. The van der Waals surface area contributed by atoms with E-state index in [1.807, 2.05) is 12.1 Å². The number of H-pyrrole nitrogens is 2. The van der Waals surface area contributed by atoms with Gasteiger partial charge in [0.1, 0.15) is 11.6 Å². The zero-order valence-corrected chi connectivity index (χ0v) is 44.2. The van der Waals surface area contributed by atoms with E-state index in [9.17, 15) is 10.1 Å². The van der Waals surface area contributed by atoms with Crippen LogP contribution >= 0.6 is 0 Å². The molecule has 0 saturated carbocycles. The molecule has 0 radical (unpaired) electrons. The molecule has 3 aromatic heterocycles. The largest absolute Gasteiger partial charge is 0.462 e. The summed E-state index contributed by atoms with van der Waals surface area (Å²) in [5.74, 6) is 0.766. The SMILES string of the molecule is CCOC(=O)/C(C#N)=C/C=C=C=C=C=Cc1cc2[nH]c1c(-c1ccc(C(C)C)cc1)c1nc(c(-c3ccc(C(C)C)cc3)c3ccc([nH]3)c(-c3ccc(C(C)C)cc3)c3nc(c2-c2ccc(C(C)C)cc2)C=C3)C=C1. The molecule has 0 fully saturated rings. The summed E-state index contributed by atoms with van der Waals surface area (Å²) in [6, 6.07) is 43.7. The molecule has 7 heteroatoms. The molecule has 5 heterocycles. The molecule has 0 saturated heterocycles. The van der Waals surface area contributed by atoms with Gasteiger partial charge in [-0.05, 0) is 147 Å². The molecule has 7 nitrogen and oxygen atoms in total. The third-order valence-corrected chi connectivity index (χ3v) is 13.7. The minimum absolute atomic E-state index is 0.136. The predicted octanol–water partition coefficient (Wildman–Crippen LogP) is 17.5. The molecule has 0 atom stereocenters. The number of esters is 1. The zero-order chi connectivity index (χ0) is 52.8. The van der Waals surface area contributed by atoms with E-state index in [0.717, 1.165) is 94.9 Å². The van der Waals surface area contributed by atoms with Crippen LogP contribution in [0.2, 0.25) is 0 Å². The highest BCUT2D eigenvalue weighted by Crippen LogP contribution is 2.40. The van der Waals surface area contributed by atoms with Crippen molar-refractivity contribution in [1.82, 2.24) is 19.9 Å². The Morgan fingerprint density at radius 3 is 1.32 bits per heavy atom. The lowest BCUT2D eigenvalue weighted by Gasteiger charge is -2.10. The van der Waals surface area contributed by atoms with Crippen molar-refractivity contribution in [1.29, 1.82) is 5.26 Å². The van der Waals surface area contributed by atoms with Gasteiger partial charge in [0.2, 0.25) is 0 Å². The Labute approximate surface area is 440 Å². The number of nitriles is 1. The highest BCUT2D eigenvalue weighted by Gasteiger charge is 2.21. The van der Waals surface area contributed by atoms with Crippen LogP contribution in [0.25, 0.3) is 97.0 Å². The molecule has 7 aromatic rings. The topological polar surface area (TPSA) is 107 Å². The third kappa shape index (κ3) is 11.0. The Bertz CT molecular complexity index is 3820. The molecule has 4 aromatic carbocycles. The van der Waals surface area contributed by atoms with Gasteiger partial charge in [-0.2, -0.15) is 5.26 Å². The number of aromatic nitrogens is 4. The van der Waals surface area contributed by atoms with Crippen molar-refractivity contribution in [2.45, 2.75) is 86.0 Å². The minimum Gasteiger partial charge on any atom is -0.462 e. The molecule has 0 aliphatic carbocycles. The monoisotopic (exact) mass is 979 g/mol. The van der Waals surface area contributed by atoms with Crippen LogP contribution in [0.1, 0.15) is 137 Å². The van der Waals surface area contributed by atoms with Crippen LogP contribution in [0.5, 0.6) is 0 Å². The van der Waals surface area contributed by atoms with E-state index in [1.165, 1.54) is 34.4 Å². The van der Waals surface area contributed by atoms with E-state index in [2.05, 4.69) is 228 Å². The molecule has 0 unspecified atom stereocenters. The van der Waals surface area contributed by atoms with Gasteiger partial charge in [-0.1, -0.05) is 164 Å². The smallest absolute Gasteiger partial charge is 0.348 e. The first-order valence-electron chi connectivity index (χ1n) is 25.9. The number of aromatic amines is 2. The van der Waals surface area contributed by atoms with Crippen LogP contribution in [0, 0.1) is 11.3 Å². The summed E-state index contributed by atoms with van der Waals surface area (Å²) < 4.78 is 4.99. The number of fused-ring (bicyclic) bond motifs is 8. The van der Waals surface area contributed by atoms with E-state index in [1.54, 1.807) is 6.92 Å². The van der Waals surface area contributed by atoms with Gasteiger partial charge in [0.05, 0.1) is 34.9 Å². The standard InChI is InChI=1S/C68H61N5O2/c1-10-75-68(74)55(41-69)17-15-13-11-12-14-16-54-40-62-65(52-30-22-48(23-31-52)44(6)7)60-37-36-58(71-60)63(50-26-18-46(19-27-50)42(2)3)56-34-35-57(70-56)64(51-28-20-47(21-29-51)43(4)5)59-38-39-61(72-59)66(67(54)73-62)53-32-24-49(25-33-53)45(8)9/h15-40,42-45,70,73H,10H2,1-9H3/b55-17+,63-56?,63-58?,64-57?,64-59?,65-60?,65-62?,66-61?,67-66?. The molecular weight excluding hydrogens is 919 g/mol. The van der Waals surface area contributed by atoms with Crippen molar-refractivity contribution in [3.63, 3.8) is 0 Å². The molecule has 0 spiro atoms. The number of benzene rings is 4. The summed E-state index contributed by atoms with van der Waals surface area (Å²) in [5.41, 5.74) is 32.3. The summed E-state index contributed by atoms with van der Waals surface area (Å²) in [6.07, 6.45) is 13.2. The third-order valence-electron chi connectivity index (χ3n) is 13.7. The predicted molar refractivity (Wildman–Crippen MR) is 310 cm³/mol. The fourth-order valence-electron chi connectivity index (χ4n) is 9.49. The van der Waals surface area contributed by atoms with Crippen molar-refractivity contribution in [2.24, 2.45) is 0 Å². The van der Waals surface area contributed by atoms with Gasteiger partial charge in [-0.25, -0.2) is 14.8 Å². The number of nitrogens with zero attached hydrogens (tertiary/aromatic N) is 3. The Morgan fingerprint density at radius 2 is 0.920 bits per heavy atom. The first kappa shape index (κ1) is 51.0. The van der Waals surface area contributed by atoms with Crippen molar-refractivity contribution >= 4 is 58.4 Å². The normalized spacial score (nSPS) is 11.9. The molecule has 75 heavy (non-hydrogen) atoms.